The second-order valence-electron chi connectivity index (χ2n) is 21.8. The number of carbonyl (C=O) groups is 2. The molecule has 406 valence electrons. The van der Waals surface area contributed by atoms with E-state index in [0.717, 1.165) is 38.5 Å². The van der Waals surface area contributed by atoms with Crippen molar-refractivity contribution >= 4 is 11.9 Å². The van der Waals surface area contributed by atoms with Gasteiger partial charge in [0.2, 0.25) is 5.91 Å². The maximum Gasteiger partial charge on any atom is 0.305 e. The Kier molecular flexibility index (Phi) is 57.5. The first-order valence-electron chi connectivity index (χ1n) is 31.3. The van der Waals surface area contributed by atoms with Crippen LogP contribution in [0, 0.1) is 0 Å². The van der Waals surface area contributed by atoms with Crippen LogP contribution in [0.5, 0.6) is 0 Å². The topological polar surface area (TPSA) is 95.9 Å². The molecule has 6 nitrogen and oxygen atoms in total. The van der Waals surface area contributed by atoms with Crippen molar-refractivity contribution in [2.45, 2.75) is 373 Å². The molecule has 2 unspecified atom stereocenters. The molecule has 0 fully saturated rings. The molecule has 0 aromatic rings. The molecule has 0 aromatic carbocycles. The third-order valence-electron chi connectivity index (χ3n) is 14.9. The van der Waals surface area contributed by atoms with E-state index < -0.39 is 12.1 Å². The smallest absolute Gasteiger partial charge is 0.305 e. The molecule has 0 heterocycles. The van der Waals surface area contributed by atoms with Gasteiger partial charge in [-0.2, -0.15) is 0 Å². The minimum absolute atomic E-state index is 0.0102. The number of esters is 1. The molecule has 2 atom stereocenters. The van der Waals surface area contributed by atoms with E-state index in [-0.39, 0.29) is 18.5 Å². The van der Waals surface area contributed by atoms with E-state index in [0.29, 0.717) is 25.9 Å². The van der Waals surface area contributed by atoms with Crippen molar-refractivity contribution in [2.75, 3.05) is 13.2 Å². The van der Waals surface area contributed by atoms with E-state index in [4.69, 9.17) is 4.74 Å². The zero-order valence-corrected chi connectivity index (χ0v) is 46.4. The van der Waals surface area contributed by atoms with Gasteiger partial charge in [0.25, 0.3) is 0 Å². The SMILES string of the molecule is CCCCCCCCCCCCCCCCCCCCCCC(O)C(CO)NC(=O)CCCCCCCCCCCCCCCCCCCCOC(=O)CCCCCCCCCCCCCCC. The third-order valence-corrected chi connectivity index (χ3v) is 14.9. The number of aliphatic hydroxyl groups is 2. The van der Waals surface area contributed by atoms with Crippen molar-refractivity contribution in [1.29, 1.82) is 0 Å². The van der Waals surface area contributed by atoms with E-state index in [9.17, 15) is 19.8 Å². The molecular formula is C62H123NO5. The summed E-state index contributed by atoms with van der Waals surface area (Å²) in [7, 11) is 0. The Labute approximate surface area is 426 Å². The Morgan fingerprint density at radius 1 is 0.353 bits per heavy atom. The number of ether oxygens (including phenoxy) is 1. The Morgan fingerprint density at radius 2 is 0.603 bits per heavy atom. The lowest BCUT2D eigenvalue weighted by Crippen LogP contribution is -2.45. The number of hydrogen-bond donors (Lipinski definition) is 3. The summed E-state index contributed by atoms with van der Waals surface area (Å²) in [6.07, 6.45) is 68.2. The lowest BCUT2D eigenvalue weighted by atomic mass is 10.0. The molecule has 0 aliphatic rings. The Morgan fingerprint density at radius 3 is 0.897 bits per heavy atom. The van der Waals surface area contributed by atoms with Crippen LogP contribution in [0.4, 0.5) is 0 Å². The summed E-state index contributed by atoms with van der Waals surface area (Å²) in [5, 5.41) is 23.4. The van der Waals surface area contributed by atoms with Gasteiger partial charge in [-0.3, -0.25) is 9.59 Å². The van der Waals surface area contributed by atoms with Gasteiger partial charge in [0.15, 0.2) is 0 Å². The summed E-state index contributed by atoms with van der Waals surface area (Å²) in [4.78, 5) is 24.6. The number of carbonyl (C=O) groups excluding carboxylic acids is 2. The molecule has 6 heteroatoms. The van der Waals surface area contributed by atoms with Gasteiger partial charge in [0, 0.05) is 12.8 Å². The second kappa shape index (κ2) is 58.4. The normalized spacial score (nSPS) is 12.5. The van der Waals surface area contributed by atoms with Crippen LogP contribution in [-0.4, -0.2) is 47.4 Å². The van der Waals surface area contributed by atoms with Gasteiger partial charge in [-0.25, -0.2) is 0 Å². The molecule has 0 saturated heterocycles. The van der Waals surface area contributed by atoms with Crippen LogP contribution >= 0.6 is 0 Å². The number of rotatable bonds is 59. The summed E-state index contributed by atoms with van der Waals surface area (Å²) in [6, 6.07) is -0.544. The molecule has 0 bridgehead atoms. The molecular weight excluding hydrogens is 839 g/mol. The van der Waals surface area contributed by atoms with Crippen LogP contribution in [0.25, 0.3) is 0 Å². The van der Waals surface area contributed by atoms with E-state index >= 15 is 0 Å². The number of unbranched alkanes of at least 4 members (excludes halogenated alkanes) is 48. The third kappa shape index (κ3) is 54.2. The minimum atomic E-state index is -0.666. The predicted octanol–water partition coefficient (Wildman–Crippen LogP) is 19.5. The highest BCUT2D eigenvalue weighted by Gasteiger charge is 2.20. The predicted molar refractivity (Wildman–Crippen MR) is 297 cm³/mol. The van der Waals surface area contributed by atoms with E-state index in [1.165, 1.54) is 289 Å². The fraction of sp³-hybridized carbons (Fsp3) is 0.968. The number of aliphatic hydroxyl groups excluding tert-OH is 2. The zero-order valence-electron chi connectivity index (χ0n) is 46.4. The fourth-order valence-electron chi connectivity index (χ4n) is 10.1. The van der Waals surface area contributed by atoms with Crippen LogP contribution < -0.4 is 5.32 Å². The monoisotopic (exact) mass is 962 g/mol. The van der Waals surface area contributed by atoms with Crippen LogP contribution in [0.1, 0.15) is 361 Å². The summed E-state index contributed by atoms with van der Waals surface area (Å²) in [5.41, 5.74) is 0. The lowest BCUT2D eigenvalue weighted by molar-refractivity contribution is -0.143. The van der Waals surface area contributed by atoms with Crippen LogP contribution in [-0.2, 0) is 14.3 Å². The van der Waals surface area contributed by atoms with E-state index in [1.54, 1.807) is 0 Å². The summed E-state index contributed by atoms with van der Waals surface area (Å²) >= 11 is 0. The molecule has 3 N–H and O–H groups in total. The van der Waals surface area contributed by atoms with Crippen molar-refractivity contribution in [3.63, 3.8) is 0 Å². The van der Waals surface area contributed by atoms with Crippen LogP contribution in [0.15, 0.2) is 0 Å². The maximum atomic E-state index is 12.5. The van der Waals surface area contributed by atoms with E-state index in [2.05, 4.69) is 19.2 Å². The minimum Gasteiger partial charge on any atom is -0.466 e. The fourth-order valence-corrected chi connectivity index (χ4v) is 10.1. The first-order valence-corrected chi connectivity index (χ1v) is 31.3. The molecule has 0 rings (SSSR count). The maximum absolute atomic E-state index is 12.5. The molecule has 0 aliphatic carbocycles. The molecule has 68 heavy (non-hydrogen) atoms. The summed E-state index contributed by atoms with van der Waals surface area (Å²) in [6.45, 7) is 4.98. The molecule has 1 amide bonds. The Hall–Kier alpha value is -1.14. The highest BCUT2D eigenvalue weighted by Crippen LogP contribution is 2.19. The van der Waals surface area contributed by atoms with Gasteiger partial charge < -0.3 is 20.3 Å². The standard InChI is InChI=1S/C62H123NO5/c1-3-5-7-9-11-13-15-17-18-19-20-21-24-27-31-34-38-42-46-50-54-60(65)59(58-64)63-61(66)55-51-47-43-39-35-32-28-25-22-23-26-29-33-37-41-45-49-53-57-68-62(67)56-52-48-44-40-36-30-16-14-12-10-8-6-4-2/h59-60,64-65H,3-58H2,1-2H3,(H,63,66). The van der Waals surface area contributed by atoms with Crippen LogP contribution in [0.3, 0.4) is 0 Å². The highest BCUT2D eigenvalue weighted by molar-refractivity contribution is 5.76. The molecule has 0 radical (unpaired) electrons. The van der Waals surface area contributed by atoms with Gasteiger partial charge in [-0.05, 0) is 25.7 Å². The molecule has 0 aromatic heterocycles. The Balaban J connectivity index is 3.40. The van der Waals surface area contributed by atoms with Gasteiger partial charge in [0.1, 0.15) is 0 Å². The van der Waals surface area contributed by atoms with Crippen molar-refractivity contribution in [3.8, 4) is 0 Å². The van der Waals surface area contributed by atoms with Gasteiger partial charge in [0.05, 0.1) is 25.4 Å². The van der Waals surface area contributed by atoms with Crippen molar-refractivity contribution in [2.24, 2.45) is 0 Å². The largest absolute Gasteiger partial charge is 0.466 e. The number of hydrogen-bond acceptors (Lipinski definition) is 5. The number of amides is 1. The summed E-state index contributed by atoms with van der Waals surface area (Å²) < 4.78 is 5.48. The van der Waals surface area contributed by atoms with Crippen molar-refractivity contribution in [3.05, 3.63) is 0 Å². The quantitative estimate of drug-likeness (QED) is 0.0417. The Bertz CT molecular complexity index is 975. The molecule has 0 spiro atoms. The first-order chi connectivity index (χ1) is 33.5. The van der Waals surface area contributed by atoms with Crippen LogP contribution in [0.2, 0.25) is 0 Å². The highest BCUT2D eigenvalue weighted by atomic mass is 16.5. The molecule has 0 aliphatic heterocycles. The average Bonchev–Trinajstić information content (AvgIpc) is 3.34. The second-order valence-corrected chi connectivity index (χ2v) is 21.8. The lowest BCUT2D eigenvalue weighted by Gasteiger charge is -2.22. The first kappa shape index (κ1) is 66.9. The number of nitrogens with one attached hydrogen (secondary N) is 1. The zero-order chi connectivity index (χ0) is 49.3. The van der Waals surface area contributed by atoms with Gasteiger partial charge in [-0.1, -0.05) is 322 Å². The average molecular weight is 963 g/mol. The summed E-state index contributed by atoms with van der Waals surface area (Å²) in [5.74, 6) is -0.0242. The van der Waals surface area contributed by atoms with Crippen molar-refractivity contribution in [1.82, 2.24) is 5.32 Å². The molecule has 0 saturated carbocycles. The van der Waals surface area contributed by atoms with Gasteiger partial charge in [-0.15, -0.1) is 0 Å². The van der Waals surface area contributed by atoms with Crippen molar-refractivity contribution < 1.29 is 24.5 Å². The van der Waals surface area contributed by atoms with Gasteiger partial charge >= 0.3 is 5.97 Å². The van der Waals surface area contributed by atoms with E-state index in [1.807, 2.05) is 0 Å².